The van der Waals surface area contributed by atoms with Gasteiger partial charge in [-0.1, -0.05) is 30.3 Å². The van der Waals surface area contributed by atoms with Crippen molar-refractivity contribution < 1.29 is 8.42 Å². The van der Waals surface area contributed by atoms with Gasteiger partial charge in [0.05, 0.1) is 0 Å². The van der Waals surface area contributed by atoms with E-state index in [9.17, 15) is 8.42 Å². The fourth-order valence-electron chi connectivity index (χ4n) is 2.57. The van der Waals surface area contributed by atoms with Crippen LogP contribution in [0.3, 0.4) is 0 Å². The standard InChI is InChI=1S/C19H28N4O2S/c1-15(2)22-26(24,25)18-10-11-19(21-14-18)20-13-17(23(3)4)12-16-8-6-5-7-9-16/h5-11,14-15,17,22H,12-13H2,1-4H3,(H,20,21). The highest BCUT2D eigenvalue weighted by Gasteiger charge is 2.16. The third-order valence-corrected chi connectivity index (χ3v) is 5.64. The lowest BCUT2D eigenvalue weighted by molar-refractivity contribution is 0.303. The Hall–Kier alpha value is -1.96. The summed E-state index contributed by atoms with van der Waals surface area (Å²) >= 11 is 0. The normalized spacial score (nSPS) is 13.2. The van der Waals surface area contributed by atoms with Gasteiger partial charge in [-0.25, -0.2) is 18.1 Å². The number of nitrogens with one attached hydrogen (secondary N) is 2. The van der Waals surface area contributed by atoms with E-state index in [0.29, 0.717) is 18.4 Å². The second-order valence-electron chi connectivity index (χ2n) is 6.84. The predicted molar refractivity (Wildman–Crippen MR) is 106 cm³/mol. The van der Waals surface area contributed by atoms with Crippen LogP contribution in [0, 0.1) is 0 Å². The number of likely N-dealkylation sites (N-methyl/N-ethyl adjacent to an activating group) is 1. The van der Waals surface area contributed by atoms with E-state index >= 15 is 0 Å². The molecule has 0 spiro atoms. The number of hydrogen-bond acceptors (Lipinski definition) is 5. The summed E-state index contributed by atoms with van der Waals surface area (Å²) in [4.78, 5) is 6.59. The molecule has 0 aliphatic rings. The Morgan fingerprint density at radius 3 is 2.31 bits per heavy atom. The number of nitrogens with zero attached hydrogens (tertiary/aromatic N) is 2. The van der Waals surface area contributed by atoms with Gasteiger partial charge in [-0.05, 0) is 52.1 Å². The topological polar surface area (TPSA) is 74.3 Å². The van der Waals surface area contributed by atoms with Crippen molar-refractivity contribution in [3.63, 3.8) is 0 Å². The van der Waals surface area contributed by atoms with Gasteiger partial charge in [-0.3, -0.25) is 0 Å². The SMILES string of the molecule is CC(C)NS(=O)(=O)c1ccc(NCC(Cc2ccccc2)N(C)C)nc1. The van der Waals surface area contributed by atoms with Crippen LogP contribution in [0.15, 0.2) is 53.6 Å². The van der Waals surface area contributed by atoms with E-state index < -0.39 is 10.0 Å². The van der Waals surface area contributed by atoms with Crippen molar-refractivity contribution in [2.75, 3.05) is 26.0 Å². The molecule has 0 saturated heterocycles. The number of benzene rings is 1. The van der Waals surface area contributed by atoms with E-state index in [4.69, 9.17) is 0 Å². The Morgan fingerprint density at radius 1 is 1.08 bits per heavy atom. The fourth-order valence-corrected chi connectivity index (χ4v) is 3.76. The van der Waals surface area contributed by atoms with E-state index in [-0.39, 0.29) is 10.9 Å². The molecule has 1 atom stereocenters. The average molecular weight is 377 g/mol. The molecule has 142 valence electrons. The Bertz CT molecular complexity index is 775. The zero-order chi connectivity index (χ0) is 19.2. The zero-order valence-electron chi connectivity index (χ0n) is 15.8. The Labute approximate surface area is 156 Å². The van der Waals surface area contributed by atoms with Gasteiger partial charge >= 0.3 is 0 Å². The zero-order valence-corrected chi connectivity index (χ0v) is 16.6. The van der Waals surface area contributed by atoms with Crippen molar-refractivity contribution in [2.24, 2.45) is 0 Å². The monoisotopic (exact) mass is 376 g/mol. The summed E-state index contributed by atoms with van der Waals surface area (Å²) in [6.45, 7) is 4.29. The van der Waals surface area contributed by atoms with E-state index in [1.165, 1.54) is 11.8 Å². The first kappa shape index (κ1) is 20.4. The Balaban J connectivity index is 1.99. The van der Waals surface area contributed by atoms with Gasteiger partial charge in [-0.2, -0.15) is 0 Å². The van der Waals surface area contributed by atoms with Crippen molar-refractivity contribution in [2.45, 2.75) is 37.2 Å². The van der Waals surface area contributed by atoms with E-state index in [1.807, 2.05) is 18.2 Å². The smallest absolute Gasteiger partial charge is 0.242 e. The predicted octanol–water partition coefficient (Wildman–Crippen LogP) is 2.35. The second-order valence-corrected chi connectivity index (χ2v) is 8.56. The van der Waals surface area contributed by atoms with Crippen molar-refractivity contribution in [1.29, 1.82) is 0 Å². The van der Waals surface area contributed by atoms with Crippen LogP contribution in [0.5, 0.6) is 0 Å². The summed E-state index contributed by atoms with van der Waals surface area (Å²) in [6, 6.07) is 13.8. The molecule has 1 aromatic carbocycles. The molecule has 0 amide bonds. The summed E-state index contributed by atoms with van der Waals surface area (Å²) in [5.74, 6) is 0.661. The van der Waals surface area contributed by atoms with Gasteiger partial charge in [0, 0.05) is 24.8 Å². The highest BCUT2D eigenvalue weighted by molar-refractivity contribution is 7.89. The van der Waals surface area contributed by atoms with E-state index in [1.54, 1.807) is 26.0 Å². The van der Waals surface area contributed by atoms with Crippen LogP contribution in [-0.2, 0) is 16.4 Å². The first-order valence-electron chi connectivity index (χ1n) is 8.70. The van der Waals surface area contributed by atoms with Gasteiger partial charge in [0.1, 0.15) is 10.7 Å². The molecule has 2 aromatic rings. The lowest BCUT2D eigenvalue weighted by atomic mass is 10.1. The van der Waals surface area contributed by atoms with Crippen molar-refractivity contribution in [1.82, 2.24) is 14.6 Å². The van der Waals surface area contributed by atoms with E-state index in [2.05, 4.69) is 46.2 Å². The van der Waals surface area contributed by atoms with Crippen LogP contribution >= 0.6 is 0 Å². The summed E-state index contributed by atoms with van der Waals surface area (Å²) in [5.41, 5.74) is 1.28. The van der Waals surface area contributed by atoms with Crippen molar-refractivity contribution in [3.8, 4) is 0 Å². The number of pyridine rings is 1. The fraction of sp³-hybridized carbons (Fsp3) is 0.421. The molecule has 6 nitrogen and oxygen atoms in total. The molecular weight excluding hydrogens is 348 g/mol. The first-order chi connectivity index (χ1) is 12.3. The van der Waals surface area contributed by atoms with Crippen LogP contribution in [0.2, 0.25) is 0 Å². The minimum Gasteiger partial charge on any atom is -0.368 e. The Kier molecular flexibility index (Phi) is 7.14. The lowest BCUT2D eigenvalue weighted by Crippen LogP contribution is -2.36. The van der Waals surface area contributed by atoms with Crippen LogP contribution < -0.4 is 10.0 Å². The number of anilines is 1. The highest BCUT2D eigenvalue weighted by Crippen LogP contribution is 2.12. The van der Waals surface area contributed by atoms with Crippen molar-refractivity contribution in [3.05, 3.63) is 54.2 Å². The summed E-state index contributed by atoms with van der Waals surface area (Å²) in [7, 11) is 0.593. The number of rotatable bonds is 9. The number of hydrogen-bond donors (Lipinski definition) is 2. The summed E-state index contributed by atoms with van der Waals surface area (Å²) in [5, 5.41) is 3.30. The molecule has 1 heterocycles. The summed E-state index contributed by atoms with van der Waals surface area (Å²) in [6.07, 6.45) is 2.31. The van der Waals surface area contributed by atoms with Gasteiger partial charge in [-0.15, -0.1) is 0 Å². The molecule has 0 fully saturated rings. The van der Waals surface area contributed by atoms with Crippen LogP contribution in [0.1, 0.15) is 19.4 Å². The largest absolute Gasteiger partial charge is 0.368 e. The third-order valence-electron chi connectivity index (χ3n) is 4.00. The highest BCUT2D eigenvalue weighted by atomic mass is 32.2. The molecule has 0 aliphatic heterocycles. The minimum atomic E-state index is -3.51. The van der Waals surface area contributed by atoms with Crippen LogP contribution in [0.4, 0.5) is 5.82 Å². The Morgan fingerprint density at radius 2 is 1.77 bits per heavy atom. The molecular formula is C19H28N4O2S. The molecule has 1 unspecified atom stereocenters. The minimum absolute atomic E-state index is 0.156. The molecule has 0 saturated carbocycles. The maximum atomic E-state index is 12.1. The van der Waals surface area contributed by atoms with Crippen LogP contribution in [-0.4, -0.2) is 51.0 Å². The van der Waals surface area contributed by atoms with Gasteiger partial charge in [0.15, 0.2) is 0 Å². The third kappa shape index (κ3) is 6.09. The van der Waals surface area contributed by atoms with Crippen LogP contribution in [0.25, 0.3) is 0 Å². The van der Waals surface area contributed by atoms with Gasteiger partial charge in [0.25, 0.3) is 0 Å². The quantitative estimate of drug-likeness (QED) is 0.703. The first-order valence-corrected chi connectivity index (χ1v) is 10.2. The molecule has 2 rings (SSSR count). The molecule has 7 heteroatoms. The maximum Gasteiger partial charge on any atom is 0.242 e. The van der Waals surface area contributed by atoms with Gasteiger partial charge < -0.3 is 10.2 Å². The molecule has 26 heavy (non-hydrogen) atoms. The summed E-state index contributed by atoms with van der Waals surface area (Å²) < 4.78 is 26.8. The number of aromatic nitrogens is 1. The molecule has 0 aliphatic carbocycles. The lowest BCUT2D eigenvalue weighted by Gasteiger charge is -2.25. The molecule has 0 radical (unpaired) electrons. The molecule has 2 N–H and O–H groups in total. The molecule has 1 aromatic heterocycles. The average Bonchev–Trinajstić information content (AvgIpc) is 2.58. The molecule has 0 bridgehead atoms. The maximum absolute atomic E-state index is 12.1. The van der Waals surface area contributed by atoms with E-state index in [0.717, 1.165) is 6.42 Å². The second kappa shape index (κ2) is 9.12. The number of sulfonamides is 1. The van der Waals surface area contributed by atoms with Gasteiger partial charge in [0.2, 0.25) is 10.0 Å². The van der Waals surface area contributed by atoms with Crippen molar-refractivity contribution >= 4 is 15.8 Å².